The summed E-state index contributed by atoms with van der Waals surface area (Å²) in [4.78, 5) is 14.4. The van der Waals surface area contributed by atoms with Crippen LogP contribution in [-0.4, -0.2) is 44.3 Å². The first-order valence-corrected chi connectivity index (χ1v) is 8.17. The van der Waals surface area contributed by atoms with E-state index in [0.717, 1.165) is 11.3 Å². The number of hydrogen-bond donors (Lipinski definition) is 0. The molecule has 2 unspecified atom stereocenters. The van der Waals surface area contributed by atoms with E-state index < -0.39 is 28.8 Å². The van der Waals surface area contributed by atoms with Crippen LogP contribution in [0.5, 0.6) is 0 Å². The standard InChI is InChI=1S/C15H22N2O4S/c1-5-16-12-9-7-6-8-11(12)10-17(22(19)20)13(14(18)21-4)15(16,2)3/h6-9,13H,5,10H2,1-4H3,(H,19,20)/p-1. The lowest BCUT2D eigenvalue weighted by atomic mass is 9.92. The molecule has 0 saturated heterocycles. The smallest absolute Gasteiger partial charge is 0.326 e. The van der Waals surface area contributed by atoms with Gasteiger partial charge < -0.3 is 14.2 Å². The van der Waals surface area contributed by atoms with Crippen LogP contribution in [0.2, 0.25) is 0 Å². The number of nitrogens with zero attached hydrogens (tertiary/aromatic N) is 2. The molecule has 0 saturated carbocycles. The molecule has 0 N–H and O–H groups in total. The molecule has 1 aromatic rings. The van der Waals surface area contributed by atoms with Crippen LogP contribution in [0.1, 0.15) is 26.3 Å². The summed E-state index contributed by atoms with van der Waals surface area (Å²) in [6.07, 6.45) is 0. The van der Waals surface area contributed by atoms with Crippen molar-refractivity contribution in [3.05, 3.63) is 29.8 Å². The third-order valence-electron chi connectivity index (χ3n) is 4.19. The van der Waals surface area contributed by atoms with Gasteiger partial charge in [-0.1, -0.05) is 18.2 Å². The van der Waals surface area contributed by atoms with Gasteiger partial charge in [0, 0.05) is 30.0 Å². The number of carbonyl (C=O) groups excluding carboxylic acids is 1. The lowest BCUT2D eigenvalue weighted by molar-refractivity contribution is -0.147. The number of likely N-dealkylation sites (N-methyl/N-ethyl adjacent to an activating group) is 1. The third-order valence-corrected chi connectivity index (χ3v) is 4.92. The summed E-state index contributed by atoms with van der Waals surface area (Å²) in [6.45, 7) is 6.50. The monoisotopic (exact) mass is 325 g/mol. The number of rotatable bonds is 3. The molecule has 0 aromatic heterocycles. The molecule has 0 fully saturated rings. The Morgan fingerprint density at radius 2 is 2.09 bits per heavy atom. The van der Waals surface area contributed by atoms with Crippen molar-refractivity contribution in [2.45, 2.75) is 38.9 Å². The number of methoxy groups -OCH3 is 1. The average Bonchev–Trinajstić information content (AvgIpc) is 2.57. The number of fused-ring (bicyclic) bond motifs is 1. The minimum atomic E-state index is -2.53. The highest BCUT2D eigenvalue weighted by Crippen LogP contribution is 2.37. The summed E-state index contributed by atoms with van der Waals surface area (Å²) < 4.78 is 29.5. The van der Waals surface area contributed by atoms with Crippen LogP contribution >= 0.6 is 0 Å². The molecule has 122 valence electrons. The molecule has 0 aliphatic carbocycles. The Bertz CT molecular complexity index is 591. The van der Waals surface area contributed by atoms with Crippen molar-refractivity contribution in [3.8, 4) is 0 Å². The van der Waals surface area contributed by atoms with Gasteiger partial charge in [-0.3, -0.25) is 9.00 Å². The predicted molar refractivity (Wildman–Crippen MR) is 83.8 cm³/mol. The van der Waals surface area contributed by atoms with Gasteiger partial charge in [0.2, 0.25) is 0 Å². The van der Waals surface area contributed by atoms with E-state index in [9.17, 15) is 13.6 Å². The average molecular weight is 325 g/mol. The maximum Gasteiger partial charge on any atom is 0.326 e. The first-order chi connectivity index (χ1) is 10.3. The highest BCUT2D eigenvalue weighted by molar-refractivity contribution is 7.76. The highest BCUT2D eigenvalue weighted by Gasteiger charge is 2.47. The molecule has 0 radical (unpaired) electrons. The molecule has 1 aliphatic heterocycles. The van der Waals surface area contributed by atoms with Gasteiger partial charge >= 0.3 is 5.97 Å². The summed E-state index contributed by atoms with van der Waals surface area (Å²) in [7, 11) is 1.28. The number of para-hydroxylation sites is 1. The summed E-state index contributed by atoms with van der Waals surface area (Å²) in [6, 6.07) is 6.70. The Morgan fingerprint density at radius 1 is 1.45 bits per heavy atom. The lowest BCUT2D eigenvalue weighted by Gasteiger charge is -2.45. The minimum Gasteiger partial charge on any atom is -0.760 e. The summed E-state index contributed by atoms with van der Waals surface area (Å²) in [5.74, 6) is -0.555. The fourth-order valence-electron chi connectivity index (χ4n) is 3.21. The van der Waals surface area contributed by atoms with Crippen LogP contribution in [0.3, 0.4) is 0 Å². The Morgan fingerprint density at radius 3 is 2.64 bits per heavy atom. The Balaban J connectivity index is 2.65. The normalized spacial score (nSPS) is 22.6. The zero-order chi connectivity index (χ0) is 16.5. The number of benzene rings is 1. The number of anilines is 1. The van der Waals surface area contributed by atoms with Crippen LogP contribution in [0, 0.1) is 0 Å². The molecule has 0 bridgehead atoms. The van der Waals surface area contributed by atoms with Crippen LogP contribution in [-0.2, 0) is 27.3 Å². The van der Waals surface area contributed by atoms with Crippen molar-refractivity contribution in [1.29, 1.82) is 0 Å². The van der Waals surface area contributed by atoms with Gasteiger partial charge in [-0.2, -0.15) is 0 Å². The minimum absolute atomic E-state index is 0.145. The molecule has 1 heterocycles. The zero-order valence-corrected chi connectivity index (χ0v) is 14.1. The van der Waals surface area contributed by atoms with Crippen LogP contribution in [0.15, 0.2) is 24.3 Å². The van der Waals surface area contributed by atoms with E-state index in [1.807, 2.05) is 45.0 Å². The number of ether oxygens (including phenoxy) is 1. The van der Waals surface area contributed by atoms with Crippen LogP contribution in [0.25, 0.3) is 0 Å². The van der Waals surface area contributed by atoms with Crippen molar-refractivity contribution in [2.75, 3.05) is 18.6 Å². The molecule has 0 spiro atoms. The second-order valence-corrected chi connectivity index (χ2v) is 6.65. The van der Waals surface area contributed by atoms with Crippen molar-refractivity contribution in [3.63, 3.8) is 0 Å². The Kier molecular flexibility index (Phi) is 4.89. The van der Waals surface area contributed by atoms with Gasteiger partial charge in [0.15, 0.2) is 0 Å². The van der Waals surface area contributed by atoms with Crippen LogP contribution in [0.4, 0.5) is 5.69 Å². The zero-order valence-electron chi connectivity index (χ0n) is 13.2. The van der Waals surface area contributed by atoms with Gasteiger partial charge in [-0.25, -0.2) is 4.31 Å². The number of esters is 1. The van der Waals surface area contributed by atoms with Crippen molar-refractivity contribution >= 4 is 22.9 Å². The Hall–Kier alpha value is -1.44. The first-order valence-electron chi connectivity index (χ1n) is 7.14. The van der Waals surface area contributed by atoms with E-state index in [-0.39, 0.29) is 6.54 Å². The molecule has 22 heavy (non-hydrogen) atoms. The van der Waals surface area contributed by atoms with E-state index >= 15 is 0 Å². The van der Waals surface area contributed by atoms with Gasteiger partial charge in [0.1, 0.15) is 6.04 Å². The molecule has 1 aromatic carbocycles. The molecule has 6 nitrogen and oxygen atoms in total. The molecule has 1 aliphatic rings. The maximum absolute atomic E-state index is 12.3. The second kappa shape index (κ2) is 6.36. The quantitative estimate of drug-likeness (QED) is 0.621. The maximum atomic E-state index is 12.3. The van der Waals surface area contributed by atoms with E-state index in [0.29, 0.717) is 6.54 Å². The summed E-state index contributed by atoms with van der Waals surface area (Å²) >= 11 is -2.53. The molecule has 2 atom stereocenters. The fraction of sp³-hybridized carbons (Fsp3) is 0.533. The van der Waals surface area contributed by atoms with Crippen molar-refractivity contribution in [2.24, 2.45) is 0 Å². The molecular weight excluding hydrogens is 304 g/mol. The largest absolute Gasteiger partial charge is 0.760 e. The molecular formula is C15H21N2O4S-. The van der Waals surface area contributed by atoms with E-state index in [1.54, 1.807) is 0 Å². The topological polar surface area (TPSA) is 72.9 Å². The van der Waals surface area contributed by atoms with E-state index in [4.69, 9.17) is 4.74 Å². The fourth-order valence-corrected chi connectivity index (χ4v) is 3.97. The highest BCUT2D eigenvalue weighted by atomic mass is 32.2. The van der Waals surface area contributed by atoms with Crippen LogP contribution < -0.4 is 4.90 Å². The molecule has 2 rings (SSSR count). The van der Waals surface area contributed by atoms with Gasteiger partial charge in [-0.05, 0) is 32.4 Å². The SMILES string of the molecule is CCN1c2ccccc2CN(S(=O)[O-])C(C(=O)OC)C1(C)C. The molecule has 7 heteroatoms. The number of carbonyl (C=O) groups is 1. The van der Waals surface area contributed by atoms with E-state index in [1.165, 1.54) is 11.4 Å². The third kappa shape index (κ3) is 2.76. The van der Waals surface area contributed by atoms with Gasteiger partial charge in [0.25, 0.3) is 0 Å². The van der Waals surface area contributed by atoms with Crippen molar-refractivity contribution in [1.82, 2.24) is 4.31 Å². The predicted octanol–water partition coefficient (Wildman–Crippen LogP) is 1.44. The lowest BCUT2D eigenvalue weighted by Crippen LogP contribution is -2.61. The van der Waals surface area contributed by atoms with Crippen molar-refractivity contribution < 1.29 is 18.3 Å². The summed E-state index contributed by atoms with van der Waals surface area (Å²) in [5.41, 5.74) is 1.07. The first kappa shape index (κ1) is 16.9. The Labute approximate surface area is 133 Å². The second-order valence-electron chi connectivity index (χ2n) is 5.74. The van der Waals surface area contributed by atoms with E-state index in [2.05, 4.69) is 4.90 Å². The number of hydrogen-bond acceptors (Lipinski definition) is 5. The summed E-state index contributed by atoms with van der Waals surface area (Å²) in [5, 5.41) is 0. The van der Waals surface area contributed by atoms with Gasteiger partial charge in [0.05, 0.1) is 12.6 Å². The molecule has 0 amide bonds. The van der Waals surface area contributed by atoms with Gasteiger partial charge in [-0.15, -0.1) is 0 Å².